The zero-order valence-corrected chi connectivity index (χ0v) is 15.8. The lowest BCUT2D eigenvalue weighted by atomic mass is 9.95. The van der Waals surface area contributed by atoms with E-state index in [0.717, 1.165) is 51.1 Å². The first kappa shape index (κ1) is 19.1. The SMILES string of the molecule is Cc1ccc(NC(=O)C(=O)NCC2CCN([C@H]3CCOC3)CC2)cc1Cl. The molecule has 0 unspecified atom stereocenters. The van der Waals surface area contributed by atoms with E-state index in [2.05, 4.69) is 15.5 Å². The van der Waals surface area contributed by atoms with Crippen molar-refractivity contribution in [3.05, 3.63) is 28.8 Å². The summed E-state index contributed by atoms with van der Waals surface area (Å²) in [7, 11) is 0. The van der Waals surface area contributed by atoms with Crippen molar-refractivity contribution in [1.82, 2.24) is 10.2 Å². The Morgan fingerprint density at radius 2 is 2.00 bits per heavy atom. The first-order valence-electron chi connectivity index (χ1n) is 9.20. The number of hydrogen-bond donors (Lipinski definition) is 2. The zero-order chi connectivity index (χ0) is 18.5. The number of halogens is 1. The number of anilines is 1. The molecule has 0 aliphatic carbocycles. The van der Waals surface area contributed by atoms with Gasteiger partial charge in [-0.05, 0) is 62.9 Å². The van der Waals surface area contributed by atoms with Crippen LogP contribution in [0.3, 0.4) is 0 Å². The lowest BCUT2D eigenvalue weighted by molar-refractivity contribution is -0.136. The largest absolute Gasteiger partial charge is 0.380 e. The molecule has 1 aromatic carbocycles. The summed E-state index contributed by atoms with van der Waals surface area (Å²) >= 11 is 6.03. The van der Waals surface area contributed by atoms with Crippen LogP contribution < -0.4 is 10.6 Å². The normalized spacial score (nSPS) is 21.5. The lowest BCUT2D eigenvalue weighted by Gasteiger charge is -2.35. The average Bonchev–Trinajstić information content (AvgIpc) is 3.18. The molecule has 0 saturated carbocycles. The molecule has 2 heterocycles. The second kappa shape index (κ2) is 8.84. The molecule has 3 rings (SSSR count). The van der Waals surface area contributed by atoms with Crippen molar-refractivity contribution in [2.45, 2.75) is 32.2 Å². The Hall–Kier alpha value is -1.63. The molecule has 2 aliphatic rings. The third-order valence-electron chi connectivity index (χ3n) is 5.26. The summed E-state index contributed by atoms with van der Waals surface area (Å²) in [6, 6.07) is 5.73. The van der Waals surface area contributed by atoms with Crippen molar-refractivity contribution in [3.63, 3.8) is 0 Å². The van der Waals surface area contributed by atoms with Gasteiger partial charge in [0.15, 0.2) is 0 Å². The topological polar surface area (TPSA) is 70.7 Å². The van der Waals surface area contributed by atoms with Crippen LogP contribution in [-0.2, 0) is 14.3 Å². The number of carbonyl (C=O) groups is 2. The fraction of sp³-hybridized carbons (Fsp3) is 0.579. The van der Waals surface area contributed by atoms with Gasteiger partial charge in [0.25, 0.3) is 0 Å². The molecule has 0 radical (unpaired) electrons. The summed E-state index contributed by atoms with van der Waals surface area (Å²) < 4.78 is 5.45. The molecule has 1 atom stereocenters. The highest BCUT2D eigenvalue weighted by molar-refractivity contribution is 6.39. The van der Waals surface area contributed by atoms with Crippen LogP contribution >= 0.6 is 11.6 Å². The standard InChI is InChI=1S/C19H26ClN3O3/c1-13-2-3-15(10-17(13)20)22-19(25)18(24)21-11-14-4-7-23(8-5-14)16-6-9-26-12-16/h2-3,10,14,16H,4-9,11-12H2,1H3,(H,21,24)(H,22,25)/t16-/m0/s1. The Balaban J connectivity index is 1.39. The van der Waals surface area contributed by atoms with Gasteiger partial charge in [0.1, 0.15) is 0 Å². The van der Waals surface area contributed by atoms with Gasteiger partial charge in [-0.1, -0.05) is 17.7 Å². The smallest absolute Gasteiger partial charge is 0.313 e. The van der Waals surface area contributed by atoms with Crippen LogP contribution in [0.2, 0.25) is 5.02 Å². The minimum atomic E-state index is -0.662. The second-order valence-electron chi connectivity index (χ2n) is 7.12. The molecule has 142 valence electrons. The van der Waals surface area contributed by atoms with Gasteiger partial charge in [-0.25, -0.2) is 0 Å². The van der Waals surface area contributed by atoms with E-state index >= 15 is 0 Å². The number of likely N-dealkylation sites (tertiary alicyclic amines) is 1. The molecule has 2 fully saturated rings. The van der Waals surface area contributed by atoms with Gasteiger partial charge >= 0.3 is 11.8 Å². The van der Waals surface area contributed by atoms with E-state index < -0.39 is 11.8 Å². The Labute approximate surface area is 159 Å². The third kappa shape index (κ3) is 4.96. The monoisotopic (exact) mass is 379 g/mol. The van der Waals surface area contributed by atoms with Gasteiger partial charge in [0.05, 0.1) is 6.61 Å². The zero-order valence-electron chi connectivity index (χ0n) is 15.1. The van der Waals surface area contributed by atoms with E-state index in [9.17, 15) is 9.59 Å². The molecule has 2 N–H and O–H groups in total. The quantitative estimate of drug-likeness (QED) is 0.787. The minimum Gasteiger partial charge on any atom is -0.380 e. The number of benzene rings is 1. The molecule has 6 nitrogen and oxygen atoms in total. The fourth-order valence-corrected chi connectivity index (χ4v) is 3.69. The number of amides is 2. The number of carbonyl (C=O) groups excluding carboxylic acids is 2. The van der Waals surface area contributed by atoms with Gasteiger partial charge in [-0.2, -0.15) is 0 Å². The van der Waals surface area contributed by atoms with Gasteiger partial charge in [0.2, 0.25) is 0 Å². The number of ether oxygens (including phenoxy) is 1. The Morgan fingerprint density at radius 1 is 1.23 bits per heavy atom. The number of rotatable bonds is 4. The number of hydrogen-bond acceptors (Lipinski definition) is 4. The summed E-state index contributed by atoms with van der Waals surface area (Å²) in [5.74, 6) is -0.849. The number of nitrogens with zero attached hydrogens (tertiary/aromatic N) is 1. The van der Waals surface area contributed by atoms with Gasteiger partial charge in [-0.3, -0.25) is 14.5 Å². The summed E-state index contributed by atoms with van der Waals surface area (Å²) in [4.78, 5) is 26.5. The fourth-order valence-electron chi connectivity index (χ4n) is 3.51. The maximum Gasteiger partial charge on any atom is 0.313 e. The van der Waals surface area contributed by atoms with Crippen molar-refractivity contribution >= 4 is 29.1 Å². The molecule has 0 aromatic heterocycles. The van der Waals surface area contributed by atoms with Gasteiger partial charge < -0.3 is 15.4 Å². The average molecular weight is 380 g/mol. The van der Waals surface area contributed by atoms with Gasteiger partial charge in [-0.15, -0.1) is 0 Å². The predicted molar refractivity (Wildman–Crippen MR) is 101 cm³/mol. The van der Waals surface area contributed by atoms with Crippen LogP contribution in [-0.4, -0.2) is 55.6 Å². The lowest BCUT2D eigenvalue weighted by Crippen LogP contribution is -2.45. The van der Waals surface area contributed by atoms with Crippen LogP contribution in [0.5, 0.6) is 0 Å². The Bertz CT molecular complexity index is 653. The Morgan fingerprint density at radius 3 is 2.65 bits per heavy atom. The van der Waals surface area contributed by atoms with Gasteiger partial charge in [0, 0.05) is 29.9 Å². The van der Waals surface area contributed by atoms with E-state index in [4.69, 9.17) is 16.3 Å². The molecule has 7 heteroatoms. The predicted octanol–water partition coefficient (Wildman–Crippen LogP) is 2.20. The van der Waals surface area contributed by atoms with E-state index in [0.29, 0.717) is 29.2 Å². The molecule has 0 bridgehead atoms. The first-order chi connectivity index (χ1) is 12.5. The highest BCUT2D eigenvalue weighted by Gasteiger charge is 2.28. The van der Waals surface area contributed by atoms with E-state index in [1.54, 1.807) is 18.2 Å². The molecular formula is C19H26ClN3O3. The van der Waals surface area contributed by atoms with Crippen LogP contribution in [0, 0.1) is 12.8 Å². The highest BCUT2D eigenvalue weighted by atomic mass is 35.5. The van der Waals surface area contributed by atoms with E-state index in [1.807, 2.05) is 6.92 Å². The van der Waals surface area contributed by atoms with Crippen molar-refractivity contribution in [1.29, 1.82) is 0 Å². The molecule has 1 aromatic rings. The first-order valence-corrected chi connectivity index (χ1v) is 9.58. The van der Waals surface area contributed by atoms with Crippen molar-refractivity contribution in [2.24, 2.45) is 5.92 Å². The summed E-state index contributed by atoms with van der Waals surface area (Å²) in [6.45, 7) is 6.18. The maximum absolute atomic E-state index is 12.0. The van der Waals surface area contributed by atoms with Crippen molar-refractivity contribution < 1.29 is 14.3 Å². The molecule has 2 amide bonds. The van der Waals surface area contributed by atoms with Crippen molar-refractivity contribution in [3.8, 4) is 0 Å². The summed E-state index contributed by atoms with van der Waals surface area (Å²) in [6.07, 6.45) is 3.18. The molecule has 26 heavy (non-hydrogen) atoms. The van der Waals surface area contributed by atoms with Crippen LogP contribution in [0.1, 0.15) is 24.8 Å². The molecular weight excluding hydrogens is 354 g/mol. The van der Waals surface area contributed by atoms with E-state index in [-0.39, 0.29) is 0 Å². The summed E-state index contributed by atoms with van der Waals surface area (Å²) in [5, 5.41) is 5.90. The molecule has 2 saturated heterocycles. The van der Waals surface area contributed by atoms with Crippen LogP contribution in [0.25, 0.3) is 0 Å². The molecule has 0 spiro atoms. The van der Waals surface area contributed by atoms with Crippen molar-refractivity contribution in [2.75, 3.05) is 38.2 Å². The number of aryl methyl sites for hydroxylation is 1. The Kier molecular flexibility index (Phi) is 6.51. The maximum atomic E-state index is 12.0. The minimum absolute atomic E-state index is 0.416. The molecule has 2 aliphatic heterocycles. The van der Waals surface area contributed by atoms with E-state index in [1.165, 1.54) is 0 Å². The van der Waals surface area contributed by atoms with Crippen LogP contribution in [0.4, 0.5) is 5.69 Å². The second-order valence-corrected chi connectivity index (χ2v) is 7.53. The summed E-state index contributed by atoms with van der Waals surface area (Å²) in [5.41, 5.74) is 1.44. The van der Waals surface area contributed by atoms with Crippen LogP contribution in [0.15, 0.2) is 18.2 Å². The number of piperidine rings is 1. The number of nitrogens with one attached hydrogen (secondary N) is 2. The third-order valence-corrected chi connectivity index (χ3v) is 5.67. The highest BCUT2D eigenvalue weighted by Crippen LogP contribution is 2.22.